The highest BCUT2D eigenvalue weighted by molar-refractivity contribution is 5.20. The second-order valence-corrected chi connectivity index (χ2v) is 9.49. The Morgan fingerprint density at radius 2 is 1.03 bits per heavy atom. The molecular formula is C27H50BrNO. The number of likely N-dealkylation sites (N-methyl/N-ethyl adjacent to an activating group) is 1. The molecule has 0 spiro atoms. The minimum Gasteiger partial charge on any atom is -1.00 e. The molecule has 2 nitrogen and oxygen atoms in total. The summed E-state index contributed by atoms with van der Waals surface area (Å²) in [6.07, 6.45) is 21.5. The normalized spacial score (nSPS) is 11.3. The van der Waals surface area contributed by atoms with Gasteiger partial charge in [0, 0.05) is 0 Å². The lowest BCUT2D eigenvalue weighted by molar-refractivity contribution is -0.890. The third-order valence-corrected chi connectivity index (χ3v) is 6.08. The zero-order chi connectivity index (χ0) is 21.0. The quantitative estimate of drug-likeness (QED) is 0.187. The number of quaternary nitrogens is 1. The van der Waals surface area contributed by atoms with Crippen molar-refractivity contribution < 1.29 is 26.2 Å². The maximum Gasteiger partial charge on any atom is 0.137 e. The first-order valence-electron chi connectivity index (χ1n) is 12.6. The first-order chi connectivity index (χ1) is 14.1. The molecule has 0 unspecified atom stereocenters. The van der Waals surface area contributed by atoms with Gasteiger partial charge in [-0.15, -0.1) is 0 Å². The van der Waals surface area contributed by atoms with Crippen LogP contribution in [0, 0.1) is 0 Å². The number of unbranched alkanes of at least 4 members (excludes halogenated alkanes) is 14. The topological polar surface area (TPSA) is 9.23 Å². The van der Waals surface area contributed by atoms with Crippen molar-refractivity contribution >= 4 is 0 Å². The number of rotatable bonds is 20. The van der Waals surface area contributed by atoms with Gasteiger partial charge in [-0.25, -0.2) is 0 Å². The molecule has 30 heavy (non-hydrogen) atoms. The van der Waals surface area contributed by atoms with E-state index in [0.717, 1.165) is 23.4 Å². The van der Waals surface area contributed by atoms with Crippen molar-refractivity contribution in [2.75, 3.05) is 33.8 Å². The average molecular weight is 485 g/mol. The number of para-hydroxylation sites is 1. The van der Waals surface area contributed by atoms with Crippen LogP contribution in [0.15, 0.2) is 30.3 Å². The standard InChI is InChI=1S/C27H50NO.BrH/c1-4-5-6-7-8-9-10-11-12-13-14-15-16-17-21-24-28(2,3)25-26-29-27-22-19-18-20-23-27;/h18-20,22-23H,4-17,21,24-26H2,1-3H3;1H/q+1;/p-1. The van der Waals surface area contributed by atoms with Crippen molar-refractivity contribution in [2.24, 2.45) is 0 Å². The molecule has 0 saturated heterocycles. The molecule has 0 aliphatic heterocycles. The Morgan fingerprint density at radius 1 is 0.600 bits per heavy atom. The van der Waals surface area contributed by atoms with Gasteiger partial charge >= 0.3 is 0 Å². The largest absolute Gasteiger partial charge is 1.00 e. The zero-order valence-corrected chi connectivity index (χ0v) is 21.9. The van der Waals surface area contributed by atoms with E-state index in [1.54, 1.807) is 0 Å². The molecule has 1 aromatic rings. The number of nitrogens with zero attached hydrogens (tertiary/aromatic N) is 1. The molecule has 3 heteroatoms. The van der Waals surface area contributed by atoms with Crippen molar-refractivity contribution in [1.82, 2.24) is 0 Å². The second-order valence-electron chi connectivity index (χ2n) is 9.49. The molecule has 0 heterocycles. The highest BCUT2D eigenvalue weighted by Crippen LogP contribution is 2.14. The van der Waals surface area contributed by atoms with E-state index >= 15 is 0 Å². The lowest BCUT2D eigenvalue weighted by Gasteiger charge is -2.29. The number of halogens is 1. The summed E-state index contributed by atoms with van der Waals surface area (Å²) in [5, 5.41) is 0. The molecular weight excluding hydrogens is 434 g/mol. The van der Waals surface area contributed by atoms with Gasteiger partial charge in [0.05, 0.1) is 20.6 Å². The fraction of sp³-hybridized carbons (Fsp3) is 0.778. The fourth-order valence-corrected chi connectivity index (χ4v) is 3.95. The summed E-state index contributed by atoms with van der Waals surface area (Å²) >= 11 is 0. The van der Waals surface area contributed by atoms with Crippen LogP contribution < -0.4 is 21.7 Å². The molecule has 0 atom stereocenters. The van der Waals surface area contributed by atoms with Gasteiger partial charge in [-0.3, -0.25) is 0 Å². The predicted octanol–water partition coefficient (Wildman–Crippen LogP) is 5.02. The van der Waals surface area contributed by atoms with Gasteiger partial charge in [0.25, 0.3) is 0 Å². The summed E-state index contributed by atoms with van der Waals surface area (Å²) in [6, 6.07) is 10.2. The first kappa shape index (κ1) is 29.5. The van der Waals surface area contributed by atoms with E-state index in [4.69, 9.17) is 4.74 Å². The molecule has 0 saturated carbocycles. The molecule has 0 aromatic heterocycles. The van der Waals surface area contributed by atoms with E-state index in [-0.39, 0.29) is 17.0 Å². The molecule has 0 amide bonds. The van der Waals surface area contributed by atoms with E-state index in [2.05, 4.69) is 21.0 Å². The molecule has 0 aliphatic carbocycles. The maximum absolute atomic E-state index is 5.85. The van der Waals surface area contributed by atoms with Crippen LogP contribution in [0.1, 0.15) is 103 Å². The molecule has 0 aliphatic rings. The molecule has 176 valence electrons. The lowest BCUT2D eigenvalue weighted by atomic mass is 10.0. The number of ether oxygens (including phenoxy) is 1. The van der Waals surface area contributed by atoms with Crippen molar-refractivity contribution in [1.29, 1.82) is 0 Å². The Labute approximate surface area is 199 Å². The summed E-state index contributed by atoms with van der Waals surface area (Å²) in [4.78, 5) is 0. The van der Waals surface area contributed by atoms with E-state index in [9.17, 15) is 0 Å². The Kier molecular flexibility index (Phi) is 20.0. The Bertz CT molecular complexity index is 463. The summed E-state index contributed by atoms with van der Waals surface area (Å²) < 4.78 is 6.92. The van der Waals surface area contributed by atoms with Gasteiger partial charge in [-0.05, 0) is 25.0 Å². The average Bonchev–Trinajstić information content (AvgIpc) is 2.71. The molecule has 1 rings (SSSR count). The molecule has 0 N–H and O–H groups in total. The Hall–Kier alpha value is -0.540. The summed E-state index contributed by atoms with van der Waals surface area (Å²) in [5.41, 5.74) is 0. The summed E-state index contributed by atoms with van der Waals surface area (Å²) in [6.45, 7) is 5.43. The zero-order valence-electron chi connectivity index (χ0n) is 20.3. The van der Waals surface area contributed by atoms with E-state index in [1.165, 1.54) is 103 Å². The Morgan fingerprint density at radius 3 is 1.50 bits per heavy atom. The number of benzene rings is 1. The highest BCUT2D eigenvalue weighted by atomic mass is 79.9. The SMILES string of the molecule is CCCCCCCCCCCCCCCCC[N+](C)(C)CCOc1ccccc1.[Br-]. The minimum absolute atomic E-state index is 0. The predicted molar refractivity (Wildman–Crippen MR) is 129 cm³/mol. The molecule has 0 fully saturated rings. The van der Waals surface area contributed by atoms with E-state index in [1.807, 2.05) is 30.3 Å². The van der Waals surface area contributed by atoms with Crippen LogP contribution in [0.4, 0.5) is 0 Å². The van der Waals surface area contributed by atoms with Crippen LogP contribution in [-0.2, 0) is 0 Å². The lowest BCUT2D eigenvalue weighted by Crippen LogP contribution is -3.00. The number of hydrogen-bond acceptors (Lipinski definition) is 1. The van der Waals surface area contributed by atoms with Crippen LogP contribution in [0.2, 0.25) is 0 Å². The first-order valence-corrected chi connectivity index (χ1v) is 12.6. The molecule has 0 bridgehead atoms. The van der Waals surface area contributed by atoms with E-state index < -0.39 is 0 Å². The second kappa shape index (κ2) is 20.4. The third-order valence-electron chi connectivity index (χ3n) is 6.08. The summed E-state index contributed by atoms with van der Waals surface area (Å²) in [5.74, 6) is 0.986. The van der Waals surface area contributed by atoms with Crippen molar-refractivity contribution in [3.8, 4) is 5.75 Å². The van der Waals surface area contributed by atoms with Gasteiger partial charge in [-0.2, -0.15) is 0 Å². The van der Waals surface area contributed by atoms with Crippen LogP contribution in [-0.4, -0.2) is 38.3 Å². The van der Waals surface area contributed by atoms with Crippen LogP contribution in [0.5, 0.6) is 5.75 Å². The molecule has 0 radical (unpaired) electrons. The maximum atomic E-state index is 5.85. The summed E-state index contributed by atoms with van der Waals surface area (Å²) in [7, 11) is 4.66. The van der Waals surface area contributed by atoms with Gasteiger partial charge in [0.15, 0.2) is 0 Å². The van der Waals surface area contributed by atoms with E-state index in [0.29, 0.717) is 0 Å². The van der Waals surface area contributed by atoms with Gasteiger partial charge in [-0.1, -0.05) is 109 Å². The van der Waals surface area contributed by atoms with Crippen molar-refractivity contribution in [3.05, 3.63) is 30.3 Å². The van der Waals surface area contributed by atoms with Crippen molar-refractivity contribution in [2.45, 2.75) is 103 Å². The van der Waals surface area contributed by atoms with Crippen LogP contribution >= 0.6 is 0 Å². The fourth-order valence-electron chi connectivity index (χ4n) is 3.95. The van der Waals surface area contributed by atoms with Gasteiger partial charge in [0.2, 0.25) is 0 Å². The Balaban J connectivity index is 0.00000841. The highest BCUT2D eigenvalue weighted by Gasteiger charge is 2.14. The third kappa shape index (κ3) is 18.2. The smallest absolute Gasteiger partial charge is 0.137 e. The van der Waals surface area contributed by atoms with Gasteiger partial charge < -0.3 is 26.2 Å². The molecule has 1 aromatic carbocycles. The van der Waals surface area contributed by atoms with Crippen LogP contribution in [0.25, 0.3) is 0 Å². The minimum atomic E-state index is 0. The monoisotopic (exact) mass is 483 g/mol. The van der Waals surface area contributed by atoms with Crippen LogP contribution in [0.3, 0.4) is 0 Å². The number of hydrogen-bond donors (Lipinski definition) is 0. The van der Waals surface area contributed by atoms with Crippen molar-refractivity contribution in [3.63, 3.8) is 0 Å². The van der Waals surface area contributed by atoms with Gasteiger partial charge in [0.1, 0.15) is 18.9 Å².